The molecule has 0 unspecified atom stereocenters. The van der Waals surface area contributed by atoms with E-state index in [1.165, 1.54) is 24.3 Å². The Labute approximate surface area is 207 Å². The molecule has 2 aromatic rings. The molecule has 2 aromatic carbocycles. The van der Waals surface area contributed by atoms with Crippen molar-refractivity contribution in [1.29, 1.82) is 0 Å². The molecule has 0 amide bonds. The van der Waals surface area contributed by atoms with Crippen LogP contribution in [-0.4, -0.2) is 25.5 Å². The number of anilines is 1. The molecule has 1 fully saturated rings. The van der Waals surface area contributed by atoms with Crippen molar-refractivity contribution in [2.24, 2.45) is 5.14 Å². The van der Waals surface area contributed by atoms with Gasteiger partial charge in [-0.05, 0) is 30.5 Å². The smallest absolute Gasteiger partial charge is 0.335 e. The van der Waals surface area contributed by atoms with Crippen LogP contribution < -0.4 is 10.5 Å². The number of carboxylic acid groups (broad SMARTS) is 1. The van der Waals surface area contributed by atoms with Crippen molar-refractivity contribution in [1.82, 2.24) is 0 Å². The molecule has 1 aliphatic carbocycles. The average Bonchev–Trinajstić information content (AvgIpc) is 2.81. The van der Waals surface area contributed by atoms with Gasteiger partial charge in [-0.1, -0.05) is 57.1 Å². The molecule has 0 radical (unpaired) electrons. The fourth-order valence-electron chi connectivity index (χ4n) is 4.20. The number of benzene rings is 2. The number of primary sulfonamides is 1. The highest BCUT2D eigenvalue weighted by molar-refractivity contribution is 7.98. The third-order valence-corrected chi connectivity index (χ3v) is 8.14. The molecule has 4 N–H and O–H groups in total. The number of rotatable bonds is 7. The Morgan fingerprint density at radius 1 is 0.943 bits per heavy atom. The van der Waals surface area contributed by atoms with Crippen LogP contribution in [0, 0.1) is 17.5 Å². The lowest BCUT2D eigenvalue weighted by molar-refractivity contribution is 0.0697. The number of hydrogen-bond donors (Lipinski definition) is 3. The van der Waals surface area contributed by atoms with Crippen molar-refractivity contribution in [2.75, 3.05) is 5.32 Å². The predicted octanol–water partition coefficient (Wildman–Crippen LogP) is 6.05. The quantitative estimate of drug-likeness (QED) is 0.297. The molecule has 3 rings (SSSR count). The molecule has 0 aromatic heterocycles. The largest absolute Gasteiger partial charge is 0.478 e. The molecule has 6 nitrogen and oxygen atoms in total. The van der Waals surface area contributed by atoms with Crippen LogP contribution in [0.3, 0.4) is 0 Å². The zero-order chi connectivity index (χ0) is 25.6. The standard InChI is InChI=1S/C24H29F3N2O4S2/c25-18-19(26)23(35(28,32)33)21(29-17-8-6-4-2-1-3-5-7-9-17)20(27)22(18)34-14-15-10-12-16(13-11-15)24(30)31/h10-13,17,29H,1-9,14H2,(H,30,31)(H2,28,32,33). The minimum Gasteiger partial charge on any atom is -0.478 e. The molecule has 0 saturated heterocycles. The van der Waals surface area contributed by atoms with E-state index in [2.05, 4.69) is 5.32 Å². The van der Waals surface area contributed by atoms with Crippen molar-refractivity contribution in [3.63, 3.8) is 0 Å². The summed E-state index contributed by atoms with van der Waals surface area (Å²) in [6.07, 6.45) is 8.28. The maximum absolute atomic E-state index is 15.6. The Kier molecular flexibility index (Phi) is 9.48. The second-order valence-electron chi connectivity index (χ2n) is 8.70. The molecule has 11 heteroatoms. The first kappa shape index (κ1) is 27.3. The van der Waals surface area contributed by atoms with E-state index in [9.17, 15) is 22.0 Å². The maximum atomic E-state index is 15.6. The predicted molar refractivity (Wildman–Crippen MR) is 130 cm³/mol. The number of sulfonamides is 1. The molecule has 0 atom stereocenters. The number of halogens is 3. The van der Waals surface area contributed by atoms with Gasteiger partial charge < -0.3 is 10.4 Å². The molecule has 35 heavy (non-hydrogen) atoms. The van der Waals surface area contributed by atoms with Crippen LogP contribution in [0.15, 0.2) is 34.1 Å². The Hall–Kier alpha value is -2.24. The average molecular weight is 531 g/mol. The summed E-state index contributed by atoms with van der Waals surface area (Å²) < 4.78 is 69.6. The molecule has 192 valence electrons. The van der Waals surface area contributed by atoms with E-state index in [1.807, 2.05) is 0 Å². The lowest BCUT2D eigenvalue weighted by Gasteiger charge is -2.24. The van der Waals surface area contributed by atoms with E-state index >= 15 is 4.39 Å². The summed E-state index contributed by atoms with van der Waals surface area (Å²) in [6, 6.07) is 5.36. The number of nitrogens with two attached hydrogens (primary N) is 1. The number of hydrogen-bond acceptors (Lipinski definition) is 5. The van der Waals surface area contributed by atoms with Crippen molar-refractivity contribution < 1.29 is 31.5 Å². The number of thioether (sulfide) groups is 1. The van der Waals surface area contributed by atoms with E-state index in [0.717, 1.165) is 44.9 Å². The maximum Gasteiger partial charge on any atom is 0.335 e. The molecule has 1 saturated carbocycles. The third kappa shape index (κ3) is 7.14. The Balaban J connectivity index is 1.94. The monoisotopic (exact) mass is 530 g/mol. The first-order valence-electron chi connectivity index (χ1n) is 11.5. The van der Waals surface area contributed by atoms with Gasteiger partial charge in [0.2, 0.25) is 10.0 Å². The molecular weight excluding hydrogens is 501 g/mol. The van der Waals surface area contributed by atoms with Crippen LogP contribution in [0.4, 0.5) is 18.9 Å². The van der Waals surface area contributed by atoms with Crippen LogP contribution in [0.25, 0.3) is 0 Å². The van der Waals surface area contributed by atoms with E-state index in [0.29, 0.717) is 30.2 Å². The van der Waals surface area contributed by atoms with Crippen molar-refractivity contribution in [3.05, 3.63) is 52.8 Å². The molecule has 0 spiro atoms. The summed E-state index contributed by atoms with van der Waals surface area (Å²) in [4.78, 5) is 9.12. The first-order chi connectivity index (χ1) is 16.6. The highest BCUT2D eigenvalue weighted by atomic mass is 32.2. The van der Waals surface area contributed by atoms with E-state index < -0.39 is 48.9 Å². The lowest BCUT2D eigenvalue weighted by atomic mass is 9.97. The van der Waals surface area contributed by atoms with Gasteiger partial charge in [-0.2, -0.15) is 0 Å². The van der Waals surface area contributed by atoms with Gasteiger partial charge in [0.1, 0.15) is 4.90 Å². The highest BCUT2D eigenvalue weighted by Crippen LogP contribution is 2.39. The van der Waals surface area contributed by atoms with Gasteiger partial charge in [-0.15, -0.1) is 11.8 Å². The summed E-state index contributed by atoms with van der Waals surface area (Å²) in [6.45, 7) is 0. The second-order valence-corrected chi connectivity index (χ2v) is 11.2. The lowest BCUT2D eigenvalue weighted by Crippen LogP contribution is -2.25. The third-order valence-electron chi connectivity index (χ3n) is 6.06. The van der Waals surface area contributed by atoms with E-state index in [-0.39, 0.29) is 17.4 Å². The molecule has 0 aliphatic heterocycles. The van der Waals surface area contributed by atoms with E-state index in [1.54, 1.807) is 0 Å². The highest BCUT2D eigenvalue weighted by Gasteiger charge is 2.32. The second kappa shape index (κ2) is 12.1. The van der Waals surface area contributed by atoms with Crippen molar-refractivity contribution in [2.45, 2.75) is 79.4 Å². The number of aromatic carboxylic acids is 1. The fourth-order valence-corrected chi connectivity index (χ4v) is 5.92. The fraction of sp³-hybridized carbons (Fsp3) is 0.458. The Bertz CT molecular complexity index is 1150. The van der Waals surface area contributed by atoms with Gasteiger partial charge in [-0.3, -0.25) is 0 Å². The minimum absolute atomic E-state index is 0.00473. The minimum atomic E-state index is -4.77. The van der Waals surface area contributed by atoms with Gasteiger partial charge in [0.25, 0.3) is 0 Å². The molecular formula is C24H29F3N2O4S2. The zero-order valence-electron chi connectivity index (χ0n) is 19.2. The van der Waals surface area contributed by atoms with Crippen LogP contribution in [0.5, 0.6) is 0 Å². The van der Waals surface area contributed by atoms with Crippen LogP contribution >= 0.6 is 11.8 Å². The first-order valence-corrected chi connectivity index (χ1v) is 14.1. The topological polar surface area (TPSA) is 109 Å². The SMILES string of the molecule is NS(=O)(=O)c1c(F)c(F)c(SCc2ccc(C(=O)O)cc2)c(F)c1NC1CCCCCCCCC1. The van der Waals surface area contributed by atoms with Gasteiger partial charge in [0.05, 0.1) is 16.1 Å². The van der Waals surface area contributed by atoms with Gasteiger partial charge in [-0.25, -0.2) is 31.5 Å². The van der Waals surface area contributed by atoms with Gasteiger partial charge in [0.15, 0.2) is 17.5 Å². The Morgan fingerprint density at radius 2 is 1.49 bits per heavy atom. The number of carboxylic acids is 1. The molecule has 1 aliphatic rings. The van der Waals surface area contributed by atoms with Gasteiger partial charge in [0, 0.05) is 11.8 Å². The number of carbonyl (C=O) groups is 1. The Morgan fingerprint density at radius 3 is 2.00 bits per heavy atom. The summed E-state index contributed by atoms with van der Waals surface area (Å²) >= 11 is 0.651. The summed E-state index contributed by atoms with van der Waals surface area (Å²) in [5.74, 6) is -5.67. The summed E-state index contributed by atoms with van der Waals surface area (Å²) in [5.41, 5.74) is -0.0365. The van der Waals surface area contributed by atoms with Crippen LogP contribution in [0.1, 0.15) is 73.7 Å². The normalized spacial score (nSPS) is 16.1. The zero-order valence-corrected chi connectivity index (χ0v) is 20.8. The number of nitrogens with one attached hydrogen (secondary N) is 1. The molecule has 0 bridgehead atoms. The summed E-state index contributed by atoms with van der Waals surface area (Å²) in [7, 11) is -4.77. The van der Waals surface area contributed by atoms with Crippen molar-refractivity contribution in [3.8, 4) is 0 Å². The summed E-state index contributed by atoms with van der Waals surface area (Å²) in [5, 5.41) is 17.0. The van der Waals surface area contributed by atoms with Gasteiger partial charge >= 0.3 is 5.97 Å². The van der Waals surface area contributed by atoms with E-state index in [4.69, 9.17) is 10.2 Å². The molecule has 0 heterocycles. The van der Waals surface area contributed by atoms with Crippen LogP contribution in [0.2, 0.25) is 0 Å². The van der Waals surface area contributed by atoms with Crippen LogP contribution in [-0.2, 0) is 15.8 Å². The van der Waals surface area contributed by atoms with Crippen molar-refractivity contribution >= 4 is 33.4 Å².